The van der Waals surface area contributed by atoms with Gasteiger partial charge in [-0.25, -0.2) is 0 Å². The fraction of sp³-hybridized carbons (Fsp3) is 0.150. The number of amides is 1. The van der Waals surface area contributed by atoms with Crippen molar-refractivity contribution in [1.82, 2.24) is 4.57 Å². The van der Waals surface area contributed by atoms with Gasteiger partial charge in [-0.15, -0.1) is 0 Å². The van der Waals surface area contributed by atoms with Crippen molar-refractivity contribution in [3.63, 3.8) is 0 Å². The summed E-state index contributed by atoms with van der Waals surface area (Å²) in [4.78, 5) is 15.1. The highest BCUT2D eigenvalue weighted by Gasteiger charge is 2.35. The maximum Gasteiger partial charge on any atom is 0.262 e. The van der Waals surface area contributed by atoms with E-state index in [1.807, 2.05) is 43.5 Å². The zero-order valence-corrected chi connectivity index (χ0v) is 15.6. The van der Waals surface area contributed by atoms with Gasteiger partial charge in [0.15, 0.2) is 0 Å². The van der Waals surface area contributed by atoms with Gasteiger partial charge in [-0.2, -0.15) is 0 Å². The summed E-state index contributed by atoms with van der Waals surface area (Å²) in [5.74, 6) is -0.620. The number of nitrogens with zero attached hydrogens (tertiary/aromatic N) is 2. The lowest BCUT2D eigenvalue weighted by molar-refractivity contribution is 0.0971. The Hall–Kier alpha value is -2.73. The number of carbonyl (C=O) groups is 1. The summed E-state index contributed by atoms with van der Waals surface area (Å²) in [6.45, 7) is 2.03. The third-order valence-electron chi connectivity index (χ3n) is 4.71. The highest BCUT2D eigenvalue weighted by molar-refractivity contribution is 9.10. The van der Waals surface area contributed by atoms with Crippen molar-refractivity contribution in [3.05, 3.63) is 70.5 Å². The molecule has 2 N–H and O–H groups in total. The molecule has 0 fully saturated rings. The Morgan fingerprint density at radius 2 is 1.92 bits per heavy atom. The molecule has 1 unspecified atom stereocenters. The molecule has 0 radical (unpaired) electrons. The van der Waals surface area contributed by atoms with Crippen LogP contribution in [0.25, 0.3) is 5.69 Å². The predicted octanol–water partition coefficient (Wildman–Crippen LogP) is 4.76. The monoisotopic (exact) mass is 412 g/mol. The fourth-order valence-corrected chi connectivity index (χ4v) is 3.90. The first-order valence-corrected chi connectivity index (χ1v) is 9.13. The van der Waals surface area contributed by atoms with Crippen molar-refractivity contribution in [2.75, 3.05) is 4.90 Å². The Morgan fingerprint density at radius 1 is 1.12 bits per heavy atom. The number of phenols is 2. The summed E-state index contributed by atoms with van der Waals surface area (Å²) in [5, 5.41) is 19.7. The van der Waals surface area contributed by atoms with Crippen molar-refractivity contribution in [2.45, 2.75) is 19.4 Å². The van der Waals surface area contributed by atoms with E-state index in [1.54, 1.807) is 4.90 Å². The van der Waals surface area contributed by atoms with Crippen LogP contribution in [-0.4, -0.2) is 20.7 Å². The molecule has 1 amide bonds. The van der Waals surface area contributed by atoms with Crippen LogP contribution in [0, 0.1) is 0 Å². The molecule has 1 aromatic heterocycles. The van der Waals surface area contributed by atoms with Crippen LogP contribution in [0.4, 0.5) is 5.69 Å². The van der Waals surface area contributed by atoms with Gasteiger partial charge in [0.05, 0.1) is 23.0 Å². The molecule has 0 spiro atoms. The number of fused-ring (bicyclic) bond motifs is 3. The SMILES string of the molecule is CCC1c2cccn2-c2ccc(Br)cc2N1C(=O)c1ccc(O)cc1O. The molecule has 26 heavy (non-hydrogen) atoms. The predicted molar refractivity (Wildman–Crippen MR) is 103 cm³/mol. The van der Waals surface area contributed by atoms with Crippen molar-refractivity contribution in [1.29, 1.82) is 0 Å². The van der Waals surface area contributed by atoms with Gasteiger partial charge in [-0.3, -0.25) is 9.69 Å². The van der Waals surface area contributed by atoms with E-state index in [9.17, 15) is 15.0 Å². The lowest BCUT2D eigenvalue weighted by Gasteiger charge is -2.38. The summed E-state index contributed by atoms with van der Waals surface area (Å²) in [7, 11) is 0. The van der Waals surface area contributed by atoms with Crippen LogP contribution < -0.4 is 4.90 Å². The number of hydrogen-bond acceptors (Lipinski definition) is 3. The molecule has 1 aliphatic rings. The molecule has 0 aliphatic carbocycles. The molecule has 1 atom stereocenters. The summed E-state index contributed by atoms with van der Waals surface area (Å²) in [6, 6.07) is 13.7. The topological polar surface area (TPSA) is 65.7 Å². The van der Waals surface area contributed by atoms with Gasteiger partial charge in [0.1, 0.15) is 11.5 Å². The van der Waals surface area contributed by atoms with E-state index < -0.39 is 0 Å². The number of aromatic hydroxyl groups is 2. The third kappa shape index (κ3) is 2.49. The zero-order valence-electron chi connectivity index (χ0n) is 14.1. The maximum absolute atomic E-state index is 13.4. The number of halogens is 1. The summed E-state index contributed by atoms with van der Waals surface area (Å²) in [5.41, 5.74) is 2.86. The Labute approximate surface area is 159 Å². The first kappa shape index (κ1) is 16.7. The quantitative estimate of drug-likeness (QED) is 0.637. The minimum absolute atomic E-state index is 0.0817. The van der Waals surface area contributed by atoms with Gasteiger partial charge in [-0.05, 0) is 48.9 Å². The highest BCUT2D eigenvalue weighted by Crippen LogP contribution is 2.43. The molecule has 4 rings (SSSR count). The third-order valence-corrected chi connectivity index (χ3v) is 5.20. The van der Waals surface area contributed by atoms with Crippen LogP contribution in [0.1, 0.15) is 35.4 Å². The molecule has 132 valence electrons. The molecular weight excluding hydrogens is 396 g/mol. The van der Waals surface area contributed by atoms with Gasteiger partial charge >= 0.3 is 0 Å². The van der Waals surface area contributed by atoms with Gasteiger partial charge in [0.2, 0.25) is 0 Å². The molecule has 0 saturated heterocycles. The fourth-order valence-electron chi connectivity index (χ4n) is 3.55. The van der Waals surface area contributed by atoms with Crippen LogP contribution in [0.5, 0.6) is 11.5 Å². The summed E-state index contributed by atoms with van der Waals surface area (Å²) < 4.78 is 2.96. The van der Waals surface area contributed by atoms with E-state index in [0.717, 1.165) is 28.0 Å². The molecule has 2 aromatic carbocycles. The average molecular weight is 413 g/mol. The Morgan fingerprint density at radius 3 is 2.65 bits per heavy atom. The number of anilines is 1. The van der Waals surface area contributed by atoms with Crippen molar-refractivity contribution in [2.24, 2.45) is 0 Å². The molecule has 6 heteroatoms. The molecule has 3 aromatic rings. The number of hydrogen-bond donors (Lipinski definition) is 2. The van der Waals surface area contributed by atoms with Crippen molar-refractivity contribution < 1.29 is 15.0 Å². The van der Waals surface area contributed by atoms with Gasteiger partial charge in [-0.1, -0.05) is 22.9 Å². The van der Waals surface area contributed by atoms with E-state index in [1.165, 1.54) is 18.2 Å². The number of carbonyl (C=O) groups excluding carboxylic acids is 1. The van der Waals surface area contributed by atoms with E-state index in [2.05, 4.69) is 20.5 Å². The minimum Gasteiger partial charge on any atom is -0.508 e. The normalized spacial score (nSPS) is 15.5. The van der Waals surface area contributed by atoms with Crippen LogP contribution in [0.3, 0.4) is 0 Å². The number of phenolic OH excluding ortho intramolecular Hbond substituents is 2. The Kier molecular flexibility index (Phi) is 4.00. The van der Waals surface area contributed by atoms with Crippen molar-refractivity contribution >= 4 is 27.5 Å². The molecule has 0 bridgehead atoms. The van der Waals surface area contributed by atoms with E-state index in [0.29, 0.717) is 0 Å². The first-order valence-electron chi connectivity index (χ1n) is 8.34. The second-order valence-electron chi connectivity index (χ2n) is 6.24. The van der Waals surface area contributed by atoms with Crippen LogP contribution >= 0.6 is 15.9 Å². The highest BCUT2D eigenvalue weighted by atomic mass is 79.9. The zero-order chi connectivity index (χ0) is 18.4. The lowest BCUT2D eigenvalue weighted by atomic mass is 10.0. The molecule has 2 heterocycles. The number of rotatable bonds is 2. The van der Waals surface area contributed by atoms with E-state index >= 15 is 0 Å². The van der Waals surface area contributed by atoms with E-state index in [-0.39, 0.29) is 29.0 Å². The van der Waals surface area contributed by atoms with Crippen LogP contribution in [0.2, 0.25) is 0 Å². The molecule has 0 saturated carbocycles. The first-order chi connectivity index (χ1) is 12.5. The molecule has 1 aliphatic heterocycles. The smallest absolute Gasteiger partial charge is 0.262 e. The van der Waals surface area contributed by atoms with Gasteiger partial charge in [0, 0.05) is 22.4 Å². The average Bonchev–Trinajstić information content (AvgIpc) is 3.09. The van der Waals surface area contributed by atoms with Gasteiger partial charge < -0.3 is 14.8 Å². The standard InChI is InChI=1S/C20H17BrN2O3/c1-2-15-16-4-3-9-22(16)17-8-5-12(21)10-18(17)23(15)20(26)14-7-6-13(24)11-19(14)25/h3-11,15,24-25H,2H2,1H3. The molecule has 5 nitrogen and oxygen atoms in total. The number of benzene rings is 2. The Bertz CT molecular complexity index is 1010. The summed E-state index contributed by atoms with van der Waals surface area (Å²) >= 11 is 3.49. The maximum atomic E-state index is 13.4. The second-order valence-corrected chi connectivity index (χ2v) is 7.15. The van der Waals surface area contributed by atoms with Crippen molar-refractivity contribution in [3.8, 4) is 17.2 Å². The largest absolute Gasteiger partial charge is 0.508 e. The lowest BCUT2D eigenvalue weighted by Crippen LogP contribution is -2.39. The minimum atomic E-state index is -0.304. The number of aromatic nitrogens is 1. The van der Waals surface area contributed by atoms with E-state index in [4.69, 9.17) is 0 Å². The Balaban J connectivity index is 1.92. The second kappa shape index (κ2) is 6.21. The van der Waals surface area contributed by atoms with Crippen LogP contribution in [-0.2, 0) is 0 Å². The van der Waals surface area contributed by atoms with Gasteiger partial charge in [0.25, 0.3) is 5.91 Å². The van der Waals surface area contributed by atoms with Crippen LogP contribution in [0.15, 0.2) is 59.2 Å². The summed E-state index contributed by atoms with van der Waals surface area (Å²) in [6.07, 6.45) is 2.71. The molecular formula is C20H17BrN2O3.